The van der Waals surface area contributed by atoms with E-state index in [2.05, 4.69) is 0 Å². The van der Waals surface area contributed by atoms with E-state index in [0.29, 0.717) is 24.2 Å². The molecule has 1 aromatic carbocycles. The van der Waals surface area contributed by atoms with Crippen LogP contribution in [-0.4, -0.2) is 29.2 Å². The zero-order valence-corrected chi connectivity index (χ0v) is 16.8. The molecule has 7 nitrogen and oxygen atoms in total. The van der Waals surface area contributed by atoms with E-state index in [4.69, 9.17) is 9.15 Å². The van der Waals surface area contributed by atoms with E-state index in [1.165, 1.54) is 14.0 Å². The lowest BCUT2D eigenvalue weighted by molar-refractivity contribution is 0.100. The van der Waals surface area contributed by atoms with Crippen molar-refractivity contribution in [3.63, 3.8) is 0 Å². The lowest BCUT2D eigenvalue weighted by Gasteiger charge is -2.15. The summed E-state index contributed by atoms with van der Waals surface area (Å²) in [5.74, 6) is -0.957. The van der Waals surface area contributed by atoms with E-state index in [-0.39, 0.29) is 29.0 Å². The summed E-state index contributed by atoms with van der Waals surface area (Å²) in [6, 6.07) is 7.49. The molecule has 0 aliphatic rings. The van der Waals surface area contributed by atoms with Gasteiger partial charge >= 0.3 is 0 Å². The quantitative estimate of drug-likeness (QED) is 0.508. The number of benzene rings is 1. The number of ether oxygens (including phenoxy) is 1. The Morgan fingerprint density at radius 3 is 2.66 bits per heavy atom. The molecule has 3 rings (SSSR count). The van der Waals surface area contributed by atoms with E-state index in [1.807, 2.05) is 31.2 Å². The highest BCUT2D eigenvalue weighted by Gasteiger charge is 2.28. The minimum atomic E-state index is -0.632. The van der Waals surface area contributed by atoms with Crippen molar-refractivity contribution in [2.45, 2.75) is 33.7 Å². The van der Waals surface area contributed by atoms with Gasteiger partial charge < -0.3 is 14.3 Å². The van der Waals surface area contributed by atoms with Crippen LogP contribution in [0.3, 0.4) is 0 Å². The molecule has 0 spiro atoms. The third-order valence-electron chi connectivity index (χ3n) is 5.06. The number of hydrogen-bond donors (Lipinski definition) is 1. The van der Waals surface area contributed by atoms with Gasteiger partial charge in [-0.1, -0.05) is 12.1 Å². The third kappa shape index (κ3) is 3.43. The summed E-state index contributed by atoms with van der Waals surface area (Å²) >= 11 is 0. The Morgan fingerprint density at radius 2 is 2.00 bits per heavy atom. The molecular weight excluding hydrogens is 372 g/mol. The topological polar surface area (TPSA) is 105 Å². The molecule has 0 radical (unpaired) electrons. The van der Waals surface area contributed by atoms with Gasteiger partial charge in [0.15, 0.2) is 5.76 Å². The molecule has 0 saturated carbocycles. The largest absolute Gasteiger partial charge is 0.494 e. The van der Waals surface area contributed by atoms with Crippen molar-refractivity contribution in [2.75, 3.05) is 13.7 Å². The molecule has 7 heteroatoms. The minimum absolute atomic E-state index is 0.0787. The number of fused-ring (bicyclic) bond motifs is 1. The first kappa shape index (κ1) is 20.4. The van der Waals surface area contributed by atoms with Crippen LogP contribution in [0.5, 0.6) is 5.88 Å². The number of pyridine rings is 1. The Balaban J connectivity index is 2.21. The maximum Gasteiger partial charge on any atom is 0.271 e. The van der Waals surface area contributed by atoms with Gasteiger partial charge in [-0.05, 0) is 44.4 Å². The van der Waals surface area contributed by atoms with E-state index >= 15 is 0 Å². The summed E-state index contributed by atoms with van der Waals surface area (Å²) in [6.07, 6.45) is 0.439. The fourth-order valence-corrected chi connectivity index (χ4v) is 3.46. The van der Waals surface area contributed by atoms with Crippen LogP contribution >= 0.6 is 0 Å². The summed E-state index contributed by atoms with van der Waals surface area (Å²) in [5, 5.41) is 21.0. The van der Waals surface area contributed by atoms with Crippen LogP contribution in [0.25, 0.3) is 11.0 Å². The summed E-state index contributed by atoms with van der Waals surface area (Å²) in [4.78, 5) is 25.9. The van der Waals surface area contributed by atoms with Gasteiger partial charge in [-0.25, -0.2) is 0 Å². The van der Waals surface area contributed by atoms with Gasteiger partial charge in [-0.2, -0.15) is 5.26 Å². The second kappa shape index (κ2) is 7.94. The molecule has 0 bridgehead atoms. The van der Waals surface area contributed by atoms with Crippen molar-refractivity contribution in [3.05, 3.63) is 62.1 Å². The van der Waals surface area contributed by atoms with Crippen molar-refractivity contribution in [3.8, 4) is 11.9 Å². The highest BCUT2D eigenvalue weighted by molar-refractivity contribution is 6.12. The second-order valence-corrected chi connectivity index (χ2v) is 7.00. The number of nitrogens with zero attached hydrogens (tertiary/aromatic N) is 2. The van der Waals surface area contributed by atoms with Gasteiger partial charge in [0.1, 0.15) is 17.2 Å². The zero-order chi connectivity index (χ0) is 21.3. The van der Waals surface area contributed by atoms with Crippen LogP contribution in [0, 0.1) is 32.1 Å². The molecule has 1 N–H and O–H groups in total. The van der Waals surface area contributed by atoms with E-state index in [9.17, 15) is 20.0 Å². The molecule has 0 aliphatic heterocycles. The van der Waals surface area contributed by atoms with Crippen LogP contribution in [-0.2, 0) is 11.3 Å². The average molecular weight is 394 g/mol. The molecule has 2 aromatic heterocycles. The molecule has 0 unspecified atom stereocenters. The van der Waals surface area contributed by atoms with Crippen molar-refractivity contribution in [2.24, 2.45) is 0 Å². The monoisotopic (exact) mass is 394 g/mol. The molecule has 0 atom stereocenters. The van der Waals surface area contributed by atoms with Crippen molar-refractivity contribution >= 4 is 16.8 Å². The number of furan rings is 1. The smallest absolute Gasteiger partial charge is 0.271 e. The van der Waals surface area contributed by atoms with Crippen molar-refractivity contribution < 1.29 is 19.1 Å². The van der Waals surface area contributed by atoms with Gasteiger partial charge in [0.05, 0.1) is 5.56 Å². The average Bonchev–Trinajstić information content (AvgIpc) is 3.00. The molecule has 3 aromatic rings. The standard InChI is InChI=1S/C22H22N2O5/c1-12-6-7-15-14(3)20(29-17(15)10-12)19(25)18-13(2)16(11-23)21(26)24(22(18)27)8-5-9-28-4/h6-7,10,27H,5,8-9H2,1-4H3. The van der Waals surface area contributed by atoms with Gasteiger partial charge in [-0.3, -0.25) is 14.2 Å². The maximum atomic E-state index is 13.3. The Hall–Kier alpha value is -3.37. The normalized spacial score (nSPS) is 11.0. The number of methoxy groups -OCH3 is 1. The number of aryl methyl sites for hydroxylation is 2. The zero-order valence-electron chi connectivity index (χ0n) is 16.8. The Morgan fingerprint density at radius 1 is 1.28 bits per heavy atom. The summed E-state index contributed by atoms with van der Waals surface area (Å²) in [7, 11) is 1.53. The molecule has 150 valence electrons. The number of nitriles is 1. The first-order valence-corrected chi connectivity index (χ1v) is 9.21. The van der Waals surface area contributed by atoms with E-state index in [0.717, 1.165) is 15.5 Å². The van der Waals surface area contributed by atoms with Gasteiger partial charge in [-0.15, -0.1) is 0 Å². The fourth-order valence-electron chi connectivity index (χ4n) is 3.46. The molecule has 2 heterocycles. The summed E-state index contributed by atoms with van der Waals surface area (Å²) in [5.41, 5.74) is 1.43. The molecule has 0 amide bonds. The Kier molecular flexibility index (Phi) is 5.57. The number of ketones is 1. The number of carbonyl (C=O) groups is 1. The van der Waals surface area contributed by atoms with Gasteiger partial charge in [0.25, 0.3) is 5.56 Å². The highest BCUT2D eigenvalue weighted by atomic mass is 16.5. The Bertz CT molecular complexity index is 1210. The number of hydrogen-bond acceptors (Lipinski definition) is 6. The molecule has 0 saturated heterocycles. The third-order valence-corrected chi connectivity index (χ3v) is 5.06. The van der Waals surface area contributed by atoms with Crippen LogP contribution in [0.1, 0.15) is 44.8 Å². The van der Waals surface area contributed by atoms with Crippen LogP contribution in [0.2, 0.25) is 0 Å². The number of aromatic nitrogens is 1. The molecular formula is C22H22N2O5. The summed E-state index contributed by atoms with van der Waals surface area (Å²) in [6.45, 7) is 5.65. The van der Waals surface area contributed by atoms with Crippen molar-refractivity contribution in [1.29, 1.82) is 5.26 Å². The Labute approximate surface area is 167 Å². The van der Waals surface area contributed by atoms with Crippen LogP contribution in [0.4, 0.5) is 0 Å². The second-order valence-electron chi connectivity index (χ2n) is 7.00. The molecule has 0 aliphatic carbocycles. The van der Waals surface area contributed by atoms with Gasteiger partial charge in [0.2, 0.25) is 11.7 Å². The molecule has 29 heavy (non-hydrogen) atoms. The van der Waals surface area contributed by atoms with Crippen LogP contribution < -0.4 is 5.56 Å². The lowest BCUT2D eigenvalue weighted by atomic mass is 9.98. The first-order chi connectivity index (χ1) is 13.8. The maximum absolute atomic E-state index is 13.3. The first-order valence-electron chi connectivity index (χ1n) is 9.21. The highest BCUT2D eigenvalue weighted by Crippen LogP contribution is 2.31. The summed E-state index contributed by atoms with van der Waals surface area (Å²) < 4.78 is 11.8. The van der Waals surface area contributed by atoms with Crippen molar-refractivity contribution in [1.82, 2.24) is 4.57 Å². The number of aromatic hydroxyl groups is 1. The lowest BCUT2D eigenvalue weighted by Crippen LogP contribution is -2.27. The number of rotatable bonds is 6. The molecule has 0 fully saturated rings. The minimum Gasteiger partial charge on any atom is -0.494 e. The SMILES string of the molecule is COCCCn1c(O)c(C(=O)c2oc3cc(C)ccc3c2C)c(C)c(C#N)c1=O. The van der Waals surface area contributed by atoms with Gasteiger partial charge in [0, 0.05) is 31.2 Å². The van der Waals surface area contributed by atoms with Crippen LogP contribution in [0.15, 0.2) is 27.4 Å². The number of carbonyl (C=O) groups excluding carboxylic acids is 1. The van der Waals surface area contributed by atoms with E-state index in [1.54, 1.807) is 6.92 Å². The predicted molar refractivity (Wildman–Crippen MR) is 107 cm³/mol. The predicted octanol–water partition coefficient (Wildman–Crippen LogP) is 3.36. The fraction of sp³-hybridized carbons (Fsp3) is 0.318. The van der Waals surface area contributed by atoms with E-state index < -0.39 is 17.2 Å².